The monoisotopic (exact) mass is 293 g/mol. The molecule has 0 saturated carbocycles. The number of amides is 1. The third kappa shape index (κ3) is 3.12. The number of likely N-dealkylation sites (tertiary alicyclic amines) is 1. The van der Waals surface area contributed by atoms with E-state index in [-0.39, 0.29) is 23.7 Å². The van der Waals surface area contributed by atoms with Gasteiger partial charge in [0.05, 0.1) is 11.6 Å². The van der Waals surface area contributed by atoms with Crippen molar-refractivity contribution in [1.29, 1.82) is 0 Å². The number of nitrogens with zero attached hydrogens (tertiary/aromatic N) is 2. The van der Waals surface area contributed by atoms with Crippen molar-refractivity contribution >= 4 is 11.9 Å². The van der Waals surface area contributed by atoms with Crippen LogP contribution in [0.1, 0.15) is 43.1 Å². The zero-order chi connectivity index (χ0) is 15.5. The number of aromatic nitrogens is 2. The molecule has 1 aromatic heterocycles. The molecule has 1 atom stereocenters. The molecule has 0 aromatic carbocycles. The summed E-state index contributed by atoms with van der Waals surface area (Å²) in [7, 11) is 0. The highest BCUT2D eigenvalue weighted by Gasteiger charge is 2.43. The number of aromatic amines is 1. The van der Waals surface area contributed by atoms with Crippen molar-refractivity contribution in [3.05, 3.63) is 28.4 Å². The summed E-state index contributed by atoms with van der Waals surface area (Å²) in [5, 5.41) is 9.53. The van der Waals surface area contributed by atoms with Crippen molar-refractivity contribution < 1.29 is 14.7 Å². The van der Waals surface area contributed by atoms with E-state index in [1.807, 2.05) is 6.92 Å². The van der Waals surface area contributed by atoms with Crippen LogP contribution in [-0.2, 0) is 4.79 Å². The molecule has 21 heavy (non-hydrogen) atoms. The van der Waals surface area contributed by atoms with Crippen LogP contribution < -0.4 is 5.56 Å². The highest BCUT2D eigenvalue weighted by molar-refractivity contribution is 5.92. The molecule has 0 spiro atoms. The second kappa shape index (κ2) is 6.07. The van der Waals surface area contributed by atoms with E-state index in [0.29, 0.717) is 25.8 Å². The minimum absolute atomic E-state index is 0.132. The average molecular weight is 293 g/mol. The van der Waals surface area contributed by atoms with Crippen LogP contribution >= 0.6 is 0 Å². The summed E-state index contributed by atoms with van der Waals surface area (Å²) >= 11 is 0. The SMILES string of the molecule is CCC[C@]1(C(=O)O)CCCN(C(=O)c2c[nH]c(=O)cn2)C1. The molecule has 1 aliphatic heterocycles. The van der Waals surface area contributed by atoms with Crippen molar-refractivity contribution in [2.45, 2.75) is 32.6 Å². The lowest BCUT2D eigenvalue weighted by atomic mass is 9.76. The average Bonchev–Trinajstić information content (AvgIpc) is 2.48. The fourth-order valence-electron chi connectivity index (χ4n) is 2.89. The van der Waals surface area contributed by atoms with Gasteiger partial charge in [0.2, 0.25) is 0 Å². The molecule has 0 aliphatic carbocycles. The van der Waals surface area contributed by atoms with Gasteiger partial charge in [0, 0.05) is 19.3 Å². The molecule has 0 bridgehead atoms. The quantitative estimate of drug-likeness (QED) is 0.857. The number of rotatable bonds is 4. The van der Waals surface area contributed by atoms with Crippen LogP contribution in [0, 0.1) is 5.41 Å². The fraction of sp³-hybridized carbons (Fsp3) is 0.571. The molecule has 0 unspecified atom stereocenters. The number of carboxylic acids is 1. The molecule has 0 radical (unpaired) electrons. The molecule has 7 nitrogen and oxygen atoms in total. The number of carboxylic acid groups (broad SMARTS) is 1. The maximum absolute atomic E-state index is 12.4. The van der Waals surface area contributed by atoms with Gasteiger partial charge in [-0.25, -0.2) is 4.98 Å². The predicted molar refractivity (Wildman–Crippen MR) is 75.0 cm³/mol. The Morgan fingerprint density at radius 1 is 1.52 bits per heavy atom. The summed E-state index contributed by atoms with van der Waals surface area (Å²) in [6.07, 6.45) is 4.85. The standard InChI is InChI=1S/C14H19N3O4/c1-2-4-14(13(20)21)5-3-6-17(9-14)12(19)10-7-16-11(18)8-15-10/h7-8H,2-6,9H2,1H3,(H,16,18)(H,20,21)/t14-/m0/s1. The Morgan fingerprint density at radius 3 is 2.86 bits per heavy atom. The fourth-order valence-corrected chi connectivity index (χ4v) is 2.89. The molecule has 2 heterocycles. The van der Waals surface area contributed by atoms with Crippen LogP contribution in [0.5, 0.6) is 0 Å². The number of aliphatic carboxylic acids is 1. The smallest absolute Gasteiger partial charge is 0.311 e. The van der Waals surface area contributed by atoms with Crippen LogP contribution in [0.4, 0.5) is 0 Å². The molecule has 114 valence electrons. The zero-order valence-electron chi connectivity index (χ0n) is 12.0. The van der Waals surface area contributed by atoms with Crippen LogP contribution in [0.25, 0.3) is 0 Å². The molecule has 7 heteroatoms. The van der Waals surface area contributed by atoms with Crippen molar-refractivity contribution in [2.75, 3.05) is 13.1 Å². The van der Waals surface area contributed by atoms with Crippen LogP contribution in [0.2, 0.25) is 0 Å². The van der Waals surface area contributed by atoms with Gasteiger partial charge in [-0.05, 0) is 19.3 Å². The number of nitrogens with one attached hydrogen (secondary N) is 1. The Labute approximate surface area is 122 Å². The number of hydrogen-bond acceptors (Lipinski definition) is 4. The van der Waals surface area contributed by atoms with E-state index in [1.54, 1.807) is 0 Å². The van der Waals surface area contributed by atoms with Crippen molar-refractivity contribution in [3.8, 4) is 0 Å². The van der Waals surface area contributed by atoms with Gasteiger partial charge in [0.15, 0.2) is 0 Å². The molecule has 2 N–H and O–H groups in total. The molecule has 2 rings (SSSR count). The van der Waals surface area contributed by atoms with E-state index in [9.17, 15) is 19.5 Å². The van der Waals surface area contributed by atoms with Crippen molar-refractivity contribution in [1.82, 2.24) is 14.9 Å². The summed E-state index contributed by atoms with van der Waals surface area (Å²) in [6.45, 7) is 2.64. The molecule has 1 fully saturated rings. The predicted octanol–water partition coefficient (Wildman–Crippen LogP) is 0.877. The highest BCUT2D eigenvalue weighted by Crippen LogP contribution is 2.35. The summed E-state index contributed by atoms with van der Waals surface area (Å²) in [5.74, 6) is -1.19. The maximum atomic E-state index is 12.4. The van der Waals surface area contributed by atoms with E-state index in [2.05, 4.69) is 9.97 Å². The van der Waals surface area contributed by atoms with Gasteiger partial charge in [0.25, 0.3) is 11.5 Å². The summed E-state index contributed by atoms with van der Waals surface area (Å²) < 4.78 is 0. The van der Waals surface area contributed by atoms with Crippen molar-refractivity contribution in [3.63, 3.8) is 0 Å². The van der Waals surface area contributed by atoms with E-state index in [0.717, 1.165) is 12.6 Å². The Kier molecular flexibility index (Phi) is 4.40. The molecule has 1 amide bonds. The van der Waals surface area contributed by atoms with Gasteiger partial charge in [-0.3, -0.25) is 14.4 Å². The minimum Gasteiger partial charge on any atom is -0.481 e. The van der Waals surface area contributed by atoms with E-state index >= 15 is 0 Å². The first kappa shape index (κ1) is 15.2. The second-order valence-corrected chi connectivity index (χ2v) is 5.46. The Bertz CT molecular complexity index is 574. The van der Waals surface area contributed by atoms with Gasteiger partial charge in [-0.1, -0.05) is 13.3 Å². The van der Waals surface area contributed by atoms with E-state index < -0.39 is 11.4 Å². The van der Waals surface area contributed by atoms with Gasteiger partial charge >= 0.3 is 5.97 Å². The summed E-state index contributed by atoms with van der Waals surface area (Å²) in [4.78, 5) is 42.7. The first-order chi connectivity index (χ1) is 9.98. The topological polar surface area (TPSA) is 103 Å². The number of H-pyrrole nitrogens is 1. The van der Waals surface area contributed by atoms with E-state index in [4.69, 9.17) is 0 Å². The lowest BCUT2D eigenvalue weighted by Gasteiger charge is -2.39. The number of hydrogen-bond donors (Lipinski definition) is 2. The zero-order valence-corrected chi connectivity index (χ0v) is 12.0. The van der Waals surface area contributed by atoms with Crippen LogP contribution in [-0.4, -0.2) is 44.9 Å². The lowest BCUT2D eigenvalue weighted by molar-refractivity contribution is -0.152. The number of carbonyl (C=O) groups excluding carboxylic acids is 1. The summed E-state index contributed by atoms with van der Waals surface area (Å²) in [5.41, 5.74) is -1.12. The first-order valence-corrected chi connectivity index (χ1v) is 7.06. The normalized spacial score (nSPS) is 22.0. The third-order valence-corrected chi connectivity index (χ3v) is 3.94. The summed E-state index contributed by atoms with van der Waals surface area (Å²) in [6, 6.07) is 0. The number of carbonyl (C=O) groups is 2. The van der Waals surface area contributed by atoms with Gasteiger partial charge in [0.1, 0.15) is 5.69 Å². The molecular weight excluding hydrogens is 274 g/mol. The largest absolute Gasteiger partial charge is 0.481 e. The number of piperidine rings is 1. The lowest BCUT2D eigenvalue weighted by Crippen LogP contribution is -2.50. The van der Waals surface area contributed by atoms with Crippen molar-refractivity contribution in [2.24, 2.45) is 5.41 Å². The Balaban J connectivity index is 2.20. The third-order valence-electron chi connectivity index (χ3n) is 3.94. The molecule has 1 aliphatic rings. The highest BCUT2D eigenvalue weighted by atomic mass is 16.4. The van der Waals surface area contributed by atoms with Crippen LogP contribution in [0.3, 0.4) is 0 Å². The molecule has 1 aromatic rings. The minimum atomic E-state index is -0.870. The van der Waals surface area contributed by atoms with Gasteiger partial charge < -0.3 is 15.0 Å². The molecule has 1 saturated heterocycles. The first-order valence-electron chi connectivity index (χ1n) is 7.06. The molecular formula is C14H19N3O4. The Hall–Kier alpha value is -2.18. The van der Waals surface area contributed by atoms with E-state index in [1.165, 1.54) is 11.1 Å². The maximum Gasteiger partial charge on any atom is 0.311 e. The Morgan fingerprint density at radius 2 is 2.29 bits per heavy atom. The van der Waals surface area contributed by atoms with Gasteiger partial charge in [-0.2, -0.15) is 0 Å². The van der Waals surface area contributed by atoms with Gasteiger partial charge in [-0.15, -0.1) is 0 Å². The van der Waals surface area contributed by atoms with Crippen LogP contribution in [0.15, 0.2) is 17.2 Å². The second-order valence-electron chi connectivity index (χ2n) is 5.46.